The smallest absolute Gasteiger partial charge is 0.224 e. The van der Waals surface area contributed by atoms with E-state index in [9.17, 15) is 9.59 Å². The maximum atomic E-state index is 12.1. The van der Waals surface area contributed by atoms with E-state index in [1.807, 2.05) is 62.4 Å². The molecule has 2 rings (SSSR count). The molecular formula is C20H23ClN2O2. The molecular weight excluding hydrogens is 336 g/mol. The second kappa shape index (κ2) is 9.23. The zero-order valence-corrected chi connectivity index (χ0v) is 15.3. The molecule has 0 spiro atoms. The summed E-state index contributed by atoms with van der Waals surface area (Å²) in [6.07, 6.45) is 1.55. The lowest BCUT2D eigenvalue weighted by Crippen LogP contribution is -2.26. The van der Waals surface area contributed by atoms with Crippen molar-refractivity contribution in [1.29, 1.82) is 0 Å². The summed E-state index contributed by atoms with van der Waals surface area (Å²) in [6, 6.07) is 15.0. The third kappa shape index (κ3) is 6.24. The van der Waals surface area contributed by atoms with Crippen LogP contribution in [0.1, 0.15) is 43.9 Å². The third-order valence-electron chi connectivity index (χ3n) is 3.95. The fourth-order valence-electron chi connectivity index (χ4n) is 2.41. The predicted molar refractivity (Wildman–Crippen MR) is 102 cm³/mol. The van der Waals surface area contributed by atoms with Gasteiger partial charge in [0.15, 0.2) is 0 Å². The highest BCUT2D eigenvalue weighted by Crippen LogP contribution is 2.17. The van der Waals surface area contributed by atoms with E-state index >= 15 is 0 Å². The molecule has 0 aliphatic rings. The topological polar surface area (TPSA) is 58.2 Å². The first kappa shape index (κ1) is 19.0. The number of nitrogens with one attached hydrogen (secondary N) is 2. The van der Waals surface area contributed by atoms with Crippen LogP contribution in [0.3, 0.4) is 0 Å². The number of rotatable bonds is 7. The van der Waals surface area contributed by atoms with Crippen molar-refractivity contribution in [3.05, 3.63) is 64.7 Å². The minimum absolute atomic E-state index is 0.00538. The molecule has 0 heterocycles. The van der Waals surface area contributed by atoms with Gasteiger partial charge in [0.25, 0.3) is 0 Å². The van der Waals surface area contributed by atoms with Crippen LogP contribution >= 0.6 is 11.6 Å². The number of aryl methyl sites for hydroxylation is 1. The normalized spacial score (nSPS) is 11.6. The molecule has 0 saturated heterocycles. The number of carbonyl (C=O) groups is 2. The Morgan fingerprint density at radius 1 is 1.00 bits per heavy atom. The number of halogens is 1. The molecule has 2 N–H and O–H groups in total. The van der Waals surface area contributed by atoms with E-state index in [0.717, 1.165) is 16.8 Å². The summed E-state index contributed by atoms with van der Waals surface area (Å²) in [5, 5.41) is 6.50. The second-order valence-corrected chi connectivity index (χ2v) is 6.38. The Bertz CT molecular complexity index is 711. The average Bonchev–Trinajstić information content (AvgIpc) is 2.61. The monoisotopic (exact) mass is 358 g/mol. The third-order valence-corrected chi connectivity index (χ3v) is 4.20. The molecule has 2 aromatic rings. The van der Waals surface area contributed by atoms with Crippen molar-refractivity contribution in [2.24, 2.45) is 0 Å². The summed E-state index contributed by atoms with van der Waals surface area (Å²) >= 11 is 5.86. The summed E-state index contributed by atoms with van der Waals surface area (Å²) in [5.41, 5.74) is 2.84. The van der Waals surface area contributed by atoms with E-state index in [0.29, 0.717) is 24.3 Å². The van der Waals surface area contributed by atoms with Crippen LogP contribution in [0.2, 0.25) is 5.02 Å². The van der Waals surface area contributed by atoms with Crippen LogP contribution in [0.15, 0.2) is 48.5 Å². The largest absolute Gasteiger partial charge is 0.350 e. The fraction of sp³-hybridized carbons (Fsp3) is 0.300. The van der Waals surface area contributed by atoms with Gasteiger partial charge in [0.1, 0.15) is 0 Å². The van der Waals surface area contributed by atoms with Gasteiger partial charge in [-0.2, -0.15) is 0 Å². The summed E-state index contributed by atoms with van der Waals surface area (Å²) in [7, 11) is 0. The van der Waals surface area contributed by atoms with E-state index < -0.39 is 0 Å². The Labute approximate surface area is 153 Å². The van der Waals surface area contributed by atoms with Crippen LogP contribution in [0, 0.1) is 0 Å². The number of benzene rings is 2. The number of amides is 2. The van der Waals surface area contributed by atoms with Crippen LogP contribution in [0.25, 0.3) is 0 Å². The number of carbonyl (C=O) groups excluding carboxylic acids is 2. The van der Waals surface area contributed by atoms with E-state index in [2.05, 4.69) is 10.6 Å². The summed E-state index contributed by atoms with van der Waals surface area (Å²) < 4.78 is 0. The van der Waals surface area contributed by atoms with E-state index in [1.54, 1.807) is 0 Å². The van der Waals surface area contributed by atoms with Crippen LogP contribution < -0.4 is 10.6 Å². The fourth-order valence-corrected chi connectivity index (χ4v) is 2.54. The number of anilines is 1. The van der Waals surface area contributed by atoms with Crippen molar-refractivity contribution in [2.75, 3.05) is 5.32 Å². The van der Waals surface area contributed by atoms with Gasteiger partial charge in [-0.1, -0.05) is 42.8 Å². The second-order valence-electron chi connectivity index (χ2n) is 5.94. The lowest BCUT2D eigenvalue weighted by atomic mass is 10.1. The standard InChI is InChI=1S/C20H23ClN2O2/c1-3-19(24)23-18-11-7-16(8-12-18)14(2)22-20(25)13-6-15-4-9-17(21)10-5-15/h4-5,7-12,14H,3,6,13H2,1-2H3,(H,22,25)(H,23,24). The molecule has 5 heteroatoms. The Morgan fingerprint density at radius 2 is 1.64 bits per heavy atom. The lowest BCUT2D eigenvalue weighted by molar-refractivity contribution is -0.121. The number of hydrogen-bond donors (Lipinski definition) is 2. The average molecular weight is 359 g/mol. The zero-order chi connectivity index (χ0) is 18.2. The molecule has 1 unspecified atom stereocenters. The maximum Gasteiger partial charge on any atom is 0.224 e. The maximum absolute atomic E-state index is 12.1. The molecule has 25 heavy (non-hydrogen) atoms. The van der Waals surface area contributed by atoms with Gasteiger partial charge in [0.05, 0.1) is 6.04 Å². The molecule has 1 atom stereocenters. The van der Waals surface area contributed by atoms with Crippen LogP contribution in [0.4, 0.5) is 5.69 Å². The molecule has 132 valence electrons. The van der Waals surface area contributed by atoms with Crippen LogP contribution in [-0.4, -0.2) is 11.8 Å². The van der Waals surface area contributed by atoms with E-state index in [4.69, 9.17) is 11.6 Å². The van der Waals surface area contributed by atoms with Gasteiger partial charge >= 0.3 is 0 Å². The summed E-state index contributed by atoms with van der Waals surface area (Å²) in [4.78, 5) is 23.5. The van der Waals surface area contributed by atoms with Crippen LogP contribution in [0.5, 0.6) is 0 Å². The molecule has 0 radical (unpaired) electrons. The number of hydrogen-bond acceptors (Lipinski definition) is 2. The minimum Gasteiger partial charge on any atom is -0.350 e. The predicted octanol–water partition coefficient (Wildman–Crippen LogP) is 4.50. The Kier molecular flexibility index (Phi) is 7.02. The molecule has 4 nitrogen and oxygen atoms in total. The van der Waals surface area contributed by atoms with Crippen molar-refractivity contribution < 1.29 is 9.59 Å². The van der Waals surface area contributed by atoms with Crippen molar-refractivity contribution in [2.45, 2.75) is 39.2 Å². The molecule has 0 bridgehead atoms. The molecule has 0 aromatic heterocycles. The van der Waals surface area contributed by atoms with Crippen molar-refractivity contribution in [3.63, 3.8) is 0 Å². The van der Waals surface area contributed by atoms with Crippen molar-refractivity contribution in [3.8, 4) is 0 Å². The van der Waals surface area contributed by atoms with Crippen LogP contribution in [-0.2, 0) is 16.0 Å². The minimum atomic E-state index is -0.0892. The molecule has 2 aromatic carbocycles. The van der Waals surface area contributed by atoms with Gasteiger partial charge < -0.3 is 10.6 Å². The first-order chi connectivity index (χ1) is 12.0. The SMILES string of the molecule is CCC(=O)Nc1ccc(C(C)NC(=O)CCc2ccc(Cl)cc2)cc1. The first-order valence-corrected chi connectivity index (χ1v) is 8.79. The van der Waals surface area contributed by atoms with Gasteiger partial charge in [-0.3, -0.25) is 9.59 Å². The Morgan fingerprint density at radius 3 is 2.24 bits per heavy atom. The quantitative estimate of drug-likeness (QED) is 0.765. The van der Waals surface area contributed by atoms with Gasteiger partial charge in [0, 0.05) is 23.6 Å². The summed E-state index contributed by atoms with van der Waals surface area (Å²) in [6.45, 7) is 3.76. The van der Waals surface area contributed by atoms with Gasteiger partial charge in [-0.05, 0) is 48.7 Å². The Hall–Kier alpha value is -2.33. The highest BCUT2D eigenvalue weighted by molar-refractivity contribution is 6.30. The lowest BCUT2D eigenvalue weighted by Gasteiger charge is -2.15. The van der Waals surface area contributed by atoms with Crippen molar-refractivity contribution >= 4 is 29.1 Å². The molecule has 2 amide bonds. The van der Waals surface area contributed by atoms with E-state index in [-0.39, 0.29) is 17.9 Å². The molecule has 0 fully saturated rings. The highest BCUT2D eigenvalue weighted by atomic mass is 35.5. The molecule has 0 saturated carbocycles. The van der Waals surface area contributed by atoms with E-state index in [1.165, 1.54) is 0 Å². The molecule has 0 aliphatic heterocycles. The van der Waals surface area contributed by atoms with Gasteiger partial charge in [0.2, 0.25) is 11.8 Å². The highest BCUT2D eigenvalue weighted by Gasteiger charge is 2.10. The van der Waals surface area contributed by atoms with Crippen molar-refractivity contribution in [1.82, 2.24) is 5.32 Å². The zero-order valence-electron chi connectivity index (χ0n) is 14.5. The van der Waals surface area contributed by atoms with Gasteiger partial charge in [-0.25, -0.2) is 0 Å². The molecule has 0 aliphatic carbocycles. The van der Waals surface area contributed by atoms with Gasteiger partial charge in [-0.15, -0.1) is 0 Å². The summed E-state index contributed by atoms with van der Waals surface area (Å²) in [5.74, 6) is -0.0119. The first-order valence-electron chi connectivity index (χ1n) is 8.41. The Balaban J connectivity index is 1.83.